The molecule has 13 nitrogen and oxygen atoms in total. The molecule has 0 spiro atoms. The van der Waals surface area contributed by atoms with Gasteiger partial charge in [0, 0.05) is 43.1 Å². The molecule has 22 heteroatoms. The number of aryl methyl sites for hydroxylation is 1. The van der Waals surface area contributed by atoms with Crippen molar-refractivity contribution >= 4 is 55.2 Å². The second kappa shape index (κ2) is 13.7. The number of hydrogen-bond donors (Lipinski definition) is 2. The fraction of sp³-hybridized carbons (Fsp3) is 0.306. The molecule has 6 aromatic rings. The highest BCUT2D eigenvalue weighted by Crippen LogP contribution is 2.68. The number of sulfonamides is 1. The second-order valence-corrected chi connectivity index (χ2v) is 16.2. The molecular formula is C36H28ClF7N8O5S. The first-order chi connectivity index (χ1) is 27.3. The van der Waals surface area contributed by atoms with E-state index in [4.69, 9.17) is 16.3 Å². The molecule has 0 bridgehead atoms. The third kappa shape index (κ3) is 6.58. The predicted molar refractivity (Wildman–Crippen MR) is 194 cm³/mol. The van der Waals surface area contributed by atoms with E-state index >= 15 is 13.2 Å². The van der Waals surface area contributed by atoms with Crippen LogP contribution in [0.2, 0.25) is 5.02 Å². The van der Waals surface area contributed by atoms with E-state index in [-0.39, 0.29) is 56.2 Å². The molecule has 3 aromatic heterocycles. The number of alkyl halides is 4. The van der Waals surface area contributed by atoms with Crippen LogP contribution < -0.4 is 20.3 Å². The van der Waals surface area contributed by atoms with Gasteiger partial charge in [-0.15, -0.1) is 0 Å². The molecule has 3 heterocycles. The largest absolute Gasteiger partial charge is 0.497 e. The number of halogens is 8. The number of benzene rings is 3. The molecule has 8 rings (SSSR count). The molecule has 1 amide bonds. The lowest BCUT2D eigenvalue weighted by Crippen LogP contribution is -2.38. The summed E-state index contributed by atoms with van der Waals surface area (Å²) in [7, 11) is -1.35. The normalized spacial score (nSPS) is 17.4. The van der Waals surface area contributed by atoms with Crippen molar-refractivity contribution in [2.45, 2.75) is 43.7 Å². The molecule has 58 heavy (non-hydrogen) atoms. The topological polar surface area (TPSA) is 155 Å². The Kier molecular flexibility index (Phi) is 9.25. The molecule has 2 aliphatic rings. The maximum absolute atomic E-state index is 15.8. The zero-order valence-corrected chi connectivity index (χ0v) is 31.7. The Labute approximate surface area is 327 Å². The zero-order chi connectivity index (χ0) is 41.7. The van der Waals surface area contributed by atoms with Gasteiger partial charge in [-0.05, 0) is 42.2 Å². The number of aromatic nitrogens is 6. The smallest absolute Gasteiger partial charge is 0.293 e. The van der Waals surface area contributed by atoms with Crippen molar-refractivity contribution in [3.63, 3.8) is 0 Å². The number of fused-ring (bicyclic) bond motifs is 5. The molecule has 1 saturated carbocycles. The Morgan fingerprint density at radius 2 is 1.78 bits per heavy atom. The number of carbonyl (C=O) groups is 1. The van der Waals surface area contributed by atoms with Crippen LogP contribution in [0.25, 0.3) is 27.5 Å². The third-order valence-corrected chi connectivity index (χ3v) is 10.9. The van der Waals surface area contributed by atoms with Gasteiger partial charge in [-0.25, -0.2) is 35.4 Å². The van der Waals surface area contributed by atoms with Gasteiger partial charge in [0.15, 0.2) is 5.82 Å². The average molecular weight is 853 g/mol. The molecule has 0 radical (unpaired) electrons. The Hall–Kier alpha value is -5.70. The molecule has 304 valence electrons. The van der Waals surface area contributed by atoms with Crippen LogP contribution in [-0.2, 0) is 40.8 Å². The van der Waals surface area contributed by atoms with Crippen molar-refractivity contribution in [3.05, 3.63) is 104 Å². The van der Waals surface area contributed by atoms with E-state index in [1.165, 1.54) is 32.4 Å². The maximum atomic E-state index is 15.8. The van der Waals surface area contributed by atoms with Crippen LogP contribution in [-0.4, -0.2) is 56.8 Å². The summed E-state index contributed by atoms with van der Waals surface area (Å²) in [6.45, 7) is -1.04. The molecular weight excluding hydrogens is 825 g/mol. The van der Waals surface area contributed by atoms with Crippen molar-refractivity contribution in [3.8, 4) is 11.4 Å². The fourth-order valence-corrected chi connectivity index (χ4v) is 8.49. The fourth-order valence-electron chi connectivity index (χ4n) is 7.75. The van der Waals surface area contributed by atoms with Crippen molar-refractivity contribution < 1.29 is 48.7 Å². The number of nitrogens with zero attached hydrogens (tertiary/aromatic N) is 6. The summed E-state index contributed by atoms with van der Waals surface area (Å²) in [5, 5.41) is 9.80. The number of hydrogen-bond acceptors (Lipinski definition) is 8. The Bertz CT molecular complexity index is 2880. The highest BCUT2D eigenvalue weighted by molar-refractivity contribution is 7.92. The monoisotopic (exact) mass is 852 g/mol. The standard InChI is InChI=1S/C36H28ClF7N8O5S/c1-50-30-24(5-4-20(37)27(30)33(48-50)49-58(3,55)56)52-34(46-22-11-17(57-2)10-21(40)28(22)35(52)54)23(8-14-6-15(38)9-16(39)7-14)45-25(53)13-51-31-26(29(47-51)32(41)42)18-12-19(18)36(31,43)44/h4-7,9-11,18-19,23,32H,8,12-13H2,1-3H3,(H,45,53)(H,48,49)/t18-,19+,23?/m0/s1. The maximum Gasteiger partial charge on any atom is 0.293 e. The van der Waals surface area contributed by atoms with Gasteiger partial charge in [0.25, 0.3) is 17.9 Å². The van der Waals surface area contributed by atoms with Crippen molar-refractivity contribution in [2.24, 2.45) is 13.0 Å². The van der Waals surface area contributed by atoms with Gasteiger partial charge in [0.1, 0.15) is 52.3 Å². The van der Waals surface area contributed by atoms with Gasteiger partial charge in [0.05, 0.1) is 46.5 Å². The minimum atomic E-state index is -3.95. The molecule has 1 unspecified atom stereocenters. The summed E-state index contributed by atoms with van der Waals surface area (Å²) in [5.41, 5.74) is -3.69. The van der Waals surface area contributed by atoms with E-state index in [1.54, 1.807) is 0 Å². The van der Waals surface area contributed by atoms with Gasteiger partial charge >= 0.3 is 0 Å². The summed E-state index contributed by atoms with van der Waals surface area (Å²) in [6.07, 6.45) is -2.95. The first kappa shape index (κ1) is 39.1. The third-order valence-electron chi connectivity index (χ3n) is 10.1. The Morgan fingerprint density at radius 3 is 2.43 bits per heavy atom. The van der Waals surface area contributed by atoms with E-state index in [9.17, 15) is 35.6 Å². The number of nitrogens with one attached hydrogen (secondary N) is 2. The van der Waals surface area contributed by atoms with E-state index in [2.05, 4.69) is 25.2 Å². The number of anilines is 1. The van der Waals surface area contributed by atoms with Crippen LogP contribution in [0.5, 0.6) is 5.75 Å². The SMILES string of the molecule is COc1cc(F)c2c(=O)n(-c3ccc(Cl)c4c(NS(C)(=O)=O)nn(C)c34)c(C(Cc3cc(F)cc(F)c3)NC(=O)Cn3nc(C(F)F)c4c3C(F)(F)[C@@H]3C[C@H]43)nc2c1. The van der Waals surface area contributed by atoms with E-state index in [0.717, 1.165) is 33.7 Å². The van der Waals surface area contributed by atoms with E-state index in [1.807, 2.05) is 0 Å². The van der Waals surface area contributed by atoms with Gasteiger partial charge in [-0.2, -0.15) is 19.0 Å². The van der Waals surface area contributed by atoms with E-state index < -0.39 is 105 Å². The molecule has 1 fully saturated rings. The van der Waals surface area contributed by atoms with Gasteiger partial charge in [-0.1, -0.05) is 11.6 Å². The lowest BCUT2D eigenvalue weighted by Gasteiger charge is -2.24. The van der Waals surface area contributed by atoms with Gasteiger partial charge in [0.2, 0.25) is 15.9 Å². The quantitative estimate of drug-likeness (QED) is 0.147. The van der Waals surface area contributed by atoms with Crippen LogP contribution in [0.4, 0.5) is 36.6 Å². The Balaban J connectivity index is 1.35. The van der Waals surface area contributed by atoms with Crippen LogP contribution in [0.15, 0.2) is 47.3 Å². The summed E-state index contributed by atoms with van der Waals surface area (Å²) in [4.78, 5) is 33.2. The number of methoxy groups -OCH3 is 1. The van der Waals surface area contributed by atoms with Crippen LogP contribution in [0.1, 0.15) is 53.1 Å². The Morgan fingerprint density at radius 1 is 1.07 bits per heavy atom. The number of rotatable bonds is 11. The predicted octanol–water partition coefficient (Wildman–Crippen LogP) is 6.17. The molecule has 0 aliphatic heterocycles. The number of carbonyl (C=O) groups excluding carboxylic acids is 1. The molecule has 3 atom stereocenters. The van der Waals surface area contributed by atoms with E-state index in [0.29, 0.717) is 10.7 Å². The summed E-state index contributed by atoms with van der Waals surface area (Å²) >= 11 is 6.53. The number of ether oxygens (including phenoxy) is 1. The lowest BCUT2D eigenvalue weighted by molar-refractivity contribution is -0.123. The average Bonchev–Trinajstić information content (AvgIpc) is 3.66. The molecule has 3 aromatic carbocycles. The van der Waals surface area contributed by atoms with Crippen molar-refractivity contribution in [1.29, 1.82) is 0 Å². The van der Waals surface area contributed by atoms with Gasteiger partial charge < -0.3 is 10.1 Å². The first-order valence-corrected chi connectivity index (χ1v) is 19.5. The summed E-state index contributed by atoms with van der Waals surface area (Å²) in [5.74, 6) is -10.7. The molecule has 0 saturated heterocycles. The second-order valence-electron chi connectivity index (χ2n) is 14.0. The van der Waals surface area contributed by atoms with Crippen molar-refractivity contribution in [2.75, 3.05) is 18.1 Å². The van der Waals surface area contributed by atoms with Gasteiger partial charge in [-0.3, -0.25) is 28.2 Å². The highest BCUT2D eigenvalue weighted by Gasteiger charge is 2.67. The molecule has 2 aliphatic carbocycles. The minimum Gasteiger partial charge on any atom is -0.497 e. The van der Waals surface area contributed by atoms with Crippen LogP contribution in [0, 0.1) is 23.4 Å². The van der Waals surface area contributed by atoms with Crippen LogP contribution >= 0.6 is 11.6 Å². The van der Waals surface area contributed by atoms with Crippen molar-refractivity contribution in [1.82, 2.24) is 34.4 Å². The number of amides is 1. The highest BCUT2D eigenvalue weighted by atomic mass is 35.5. The summed E-state index contributed by atoms with van der Waals surface area (Å²) in [6, 6.07) is 5.48. The van der Waals surface area contributed by atoms with Crippen LogP contribution in [0.3, 0.4) is 0 Å². The summed E-state index contributed by atoms with van der Waals surface area (Å²) < 4.78 is 138. The minimum absolute atomic E-state index is 0.00799. The first-order valence-electron chi connectivity index (χ1n) is 17.2. The lowest BCUT2D eigenvalue weighted by atomic mass is 10.0. The zero-order valence-electron chi connectivity index (χ0n) is 30.1. The molecule has 2 N–H and O–H groups in total.